The molecule has 6 N–H and O–H groups in total. The zero-order valence-corrected chi connectivity index (χ0v) is 17.9. The van der Waals surface area contributed by atoms with Crippen LogP contribution < -0.4 is 17.2 Å². The first kappa shape index (κ1) is 17.9. The zero-order valence-electron chi connectivity index (χ0n) is 17.9. The summed E-state index contributed by atoms with van der Waals surface area (Å²) in [6, 6.07) is 0. The average Bonchev–Trinajstić information content (AvgIpc) is 2.59. The first-order chi connectivity index (χ1) is 11.8. The molecule has 9 unspecified atom stereocenters. The van der Waals surface area contributed by atoms with Crippen molar-refractivity contribution in [1.82, 2.24) is 0 Å². The van der Waals surface area contributed by atoms with E-state index in [1.165, 1.54) is 25.7 Å². The van der Waals surface area contributed by atoms with Gasteiger partial charge in [0.2, 0.25) is 0 Å². The normalized spacial score (nSPS) is 67.5. The fraction of sp³-hybridized carbons (Fsp3) is 1.00. The molecule has 5 aliphatic carbocycles. The van der Waals surface area contributed by atoms with Gasteiger partial charge >= 0.3 is 0 Å². The van der Waals surface area contributed by atoms with Crippen LogP contribution in [0.15, 0.2) is 0 Å². The highest BCUT2D eigenvalue weighted by atomic mass is 15.1. The van der Waals surface area contributed by atoms with Crippen molar-refractivity contribution >= 4 is 0 Å². The van der Waals surface area contributed by atoms with Gasteiger partial charge in [-0.1, -0.05) is 34.6 Å². The van der Waals surface area contributed by atoms with Crippen LogP contribution in [0.4, 0.5) is 0 Å². The van der Waals surface area contributed by atoms with Gasteiger partial charge in [-0.3, -0.25) is 0 Å². The molecule has 0 aliphatic heterocycles. The number of hydrogen-bond acceptors (Lipinski definition) is 3. The Kier molecular flexibility index (Phi) is 2.92. The van der Waals surface area contributed by atoms with E-state index in [9.17, 15) is 0 Å². The topological polar surface area (TPSA) is 78.1 Å². The standard InChI is InChI=1S/C23H41N3/c1-7-21-15-11-18(4)10-14-8-9-22(25,20(6,24)23(21,26)12-15)16(21)17(2,3)13-19(14,18)5/h14-16H,7-13,24-26H2,1-6H3. The van der Waals surface area contributed by atoms with Crippen molar-refractivity contribution in [2.24, 2.45) is 56.6 Å². The van der Waals surface area contributed by atoms with Gasteiger partial charge in [0.1, 0.15) is 0 Å². The molecule has 3 nitrogen and oxygen atoms in total. The van der Waals surface area contributed by atoms with E-state index in [2.05, 4.69) is 41.5 Å². The molecule has 0 aromatic rings. The summed E-state index contributed by atoms with van der Waals surface area (Å²) in [6.45, 7) is 14.8. The van der Waals surface area contributed by atoms with Crippen LogP contribution in [0.1, 0.15) is 86.5 Å². The summed E-state index contributed by atoms with van der Waals surface area (Å²) in [5.41, 5.74) is 22.0. The van der Waals surface area contributed by atoms with Gasteiger partial charge in [0.25, 0.3) is 0 Å². The first-order valence-electron chi connectivity index (χ1n) is 11.1. The Morgan fingerprint density at radius 3 is 2.12 bits per heavy atom. The maximum absolute atomic E-state index is 7.44. The molecule has 3 heteroatoms. The fourth-order valence-corrected chi connectivity index (χ4v) is 10.7. The second-order valence-electron chi connectivity index (χ2n) is 12.7. The number of hydrogen-bond donors (Lipinski definition) is 3. The van der Waals surface area contributed by atoms with Gasteiger partial charge in [-0.25, -0.2) is 0 Å². The van der Waals surface area contributed by atoms with E-state index in [0.29, 0.717) is 22.7 Å². The minimum atomic E-state index is -0.488. The van der Waals surface area contributed by atoms with Gasteiger partial charge in [-0.15, -0.1) is 0 Å². The Hall–Kier alpha value is -0.120. The van der Waals surface area contributed by atoms with Crippen molar-refractivity contribution in [2.45, 2.75) is 103 Å². The predicted molar refractivity (Wildman–Crippen MR) is 107 cm³/mol. The first-order valence-corrected chi connectivity index (χ1v) is 11.1. The Bertz CT molecular complexity index is 685. The lowest BCUT2D eigenvalue weighted by atomic mass is 9.30. The molecule has 5 aliphatic rings. The largest absolute Gasteiger partial charge is 0.323 e. The highest BCUT2D eigenvalue weighted by Gasteiger charge is 2.86. The van der Waals surface area contributed by atoms with Crippen molar-refractivity contribution in [3.63, 3.8) is 0 Å². The summed E-state index contributed by atoms with van der Waals surface area (Å²) in [5.74, 6) is 1.93. The summed E-state index contributed by atoms with van der Waals surface area (Å²) in [7, 11) is 0. The van der Waals surface area contributed by atoms with E-state index in [0.717, 1.165) is 25.2 Å². The van der Waals surface area contributed by atoms with Crippen LogP contribution in [0.5, 0.6) is 0 Å². The van der Waals surface area contributed by atoms with Gasteiger partial charge in [0.15, 0.2) is 0 Å². The summed E-state index contributed by atoms with van der Waals surface area (Å²) in [6.07, 6.45) is 8.51. The minimum absolute atomic E-state index is 0.113. The molecule has 5 fully saturated rings. The molecule has 148 valence electrons. The van der Waals surface area contributed by atoms with Crippen LogP contribution in [-0.2, 0) is 0 Å². The van der Waals surface area contributed by atoms with Gasteiger partial charge < -0.3 is 17.2 Å². The third kappa shape index (κ3) is 1.36. The molecular weight excluding hydrogens is 318 g/mol. The molecule has 26 heavy (non-hydrogen) atoms. The van der Waals surface area contributed by atoms with Crippen molar-refractivity contribution in [1.29, 1.82) is 0 Å². The molecule has 0 spiro atoms. The monoisotopic (exact) mass is 359 g/mol. The van der Waals surface area contributed by atoms with Gasteiger partial charge in [-0.05, 0) is 91.3 Å². The third-order valence-electron chi connectivity index (χ3n) is 11.8. The Labute approximate surface area is 160 Å². The average molecular weight is 360 g/mol. The predicted octanol–water partition coefficient (Wildman–Crippen LogP) is 3.79. The maximum Gasteiger partial charge on any atom is 0.0499 e. The Balaban J connectivity index is 1.82. The summed E-state index contributed by atoms with van der Waals surface area (Å²) in [4.78, 5) is 0. The highest BCUT2D eigenvalue weighted by Crippen LogP contribution is 2.83. The van der Waals surface area contributed by atoms with Crippen LogP contribution in [0.2, 0.25) is 0 Å². The Morgan fingerprint density at radius 1 is 0.885 bits per heavy atom. The second kappa shape index (κ2) is 4.24. The lowest BCUT2D eigenvalue weighted by Gasteiger charge is -2.75. The summed E-state index contributed by atoms with van der Waals surface area (Å²) < 4.78 is 0. The van der Waals surface area contributed by atoms with Crippen molar-refractivity contribution in [3.05, 3.63) is 0 Å². The molecule has 2 bridgehead atoms. The van der Waals surface area contributed by atoms with E-state index >= 15 is 0 Å². The molecule has 0 aromatic heterocycles. The van der Waals surface area contributed by atoms with Crippen LogP contribution in [0, 0.1) is 39.4 Å². The zero-order chi connectivity index (χ0) is 19.2. The third-order valence-corrected chi connectivity index (χ3v) is 11.8. The van der Waals surface area contributed by atoms with Gasteiger partial charge in [0.05, 0.1) is 0 Å². The van der Waals surface area contributed by atoms with E-state index in [1.807, 2.05) is 0 Å². The smallest absolute Gasteiger partial charge is 0.0499 e. The molecule has 0 aromatic carbocycles. The number of fused-ring (bicyclic) bond motifs is 1. The summed E-state index contributed by atoms with van der Waals surface area (Å²) in [5, 5.41) is 0. The summed E-state index contributed by atoms with van der Waals surface area (Å²) >= 11 is 0. The molecule has 0 heterocycles. The highest BCUT2D eigenvalue weighted by molar-refractivity contribution is 5.42. The fourth-order valence-electron chi connectivity index (χ4n) is 10.7. The molecule has 0 amide bonds. The lowest BCUT2D eigenvalue weighted by molar-refractivity contribution is -0.246. The van der Waals surface area contributed by atoms with Crippen molar-refractivity contribution in [3.8, 4) is 0 Å². The number of nitrogens with two attached hydrogens (primary N) is 3. The van der Waals surface area contributed by atoms with Gasteiger partial charge in [0, 0.05) is 16.6 Å². The molecule has 5 rings (SSSR count). The van der Waals surface area contributed by atoms with Gasteiger partial charge in [-0.2, -0.15) is 0 Å². The van der Waals surface area contributed by atoms with Crippen molar-refractivity contribution < 1.29 is 0 Å². The maximum atomic E-state index is 7.44. The number of rotatable bonds is 1. The molecule has 0 radical (unpaired) electrons. The van der Waals surface area contributed by atoms with E-state index in [4.69, 9.17) is 17.2 Å². The molecule has 0 saturated heterocycles. The van der Waals surface area contributed by atoms with E-state index in [1.54, 1.807) is 0 Å². The molecule has 5 saturated carbocycles. The van der Waals surface area contributed by atoms with Crippen LogP contribution in [0.3, 0.4) is 0 Å². The SMILES string of the molecule is CCC12C3CC4(C)CC5CCC(N)(C1C(C)(C)CC54C)C(C)(N)C2(N)C3. The van der Waals surface area contributed by atoms with E-state index < -0.39 is 5.54 Å². The van der Waals surface area contributed by atoms with Crippen molar-refractivity contribution in [2.75, 3.05) is 0 Å². The lowest BCUT2D eigenvalue weighted by Crippen LogP contribution is -2.80. The quantitative estimate of drug-likeness (QED) is 0.666. The van der Waals surface area contributed by atoms with Crippen LogP contribution in [0.25, 0.3) is 0 Å². The van der Waals surface area contributed by atoms with Crippen LogP contribution in [-0.4, -0.2) is 16.6 Å². The molecular formula is C23H41N3. The van der Waals surface area contributed by atoms with E-state index in [-0.39, 0.29) is 21.9 Å². The van der Waals surface area contributed by atoms with Crippen LogP contribution >= 0.6 is 0 Å². The second-order valence-corrected chi connectivity index (χ2v) is 12.7. The minimum Gasteiger partial charge on any atom is -0.323 e. The Morgan fingerprint density at radius 2 is 1.50 bits per heavy atom. The molecule has 9 atom stereocenters.